The number of nitrogens with zero attached hydrogens (tertiary/aromatic N) is 1. The number of carbonyl (C=O) groups is 1. The highest BCUT2D eigenvalue weighted by Crippen LogP contribution is 2.35. The molecule has 1 aromatic carbocycles. The number of benzene rings is 1. The van der Waals surface area contributed by atoms with Gasteiger partial charge in [0.1, 0.15) is 0 Å². The van der Waals surface area contributed by atoms with Crippen LogP contribution in [0.1, 0.15) is 10.4 Å². The van der Waals surface area contributed by atoms with Gasteiger partial charge in [-0.05, 0) is 6.07 Å². The van der Waals surface area contributed by atoms with Crippen molar-refractivity contribution >= 4 is 11.6 Å². The molecular formula is C7H6N2O5. The third-order valence-corrected chi connectivity index (χ3v) is 1.55. The SMILES string of the molecule is NC(=O)c1cc(O)c(O)c([N+](=O)[O-])c1. The molecule has 14 heavy (non-hydrogen) atoms. The van der Waals surface area contributed by atoms with Gasteiger partial charge in [0.05, 0.1) is 4.92 Å². The van der Waals surface area contributed by atoms with Crippen LogP contribution >= 0.6 is 0 Å². The van der Waals surface area contributed by atoms with Gasteiger partial charge in [-0.25, -0.2) is 0 Å². The minimum Gasteiger partial charge on any atom is -0.504 e. The van der Waals surface area contributed by atoms with Crippen molar-refractivity contribution in [1.82, 2.24) is 0 Å². The van der Waals surface area contributed by atoms with Crippen molar-refractivity contribution in [3.05, 3.63) is 27.8 Å². The number of amides is 1. The predicted octanol–water partition coefficient (Wildman–Crippen LogP) is 0.105. The fourth-order valence-electron chi connectivity index (χ4n) is 0.886. The van der Waals surface area contributed by atoms with E-state index in [0.717, 1.165) is 12.1 Å². The average Bonchev–Trinajstić information content (AvgIpc) is 2.08. The maximum absolute atomic E-state index is 10.6. The lowest BCUT2D eigenvalue weighted by Crippen LogP contribution is -2.11. The normalized spacial score (nSPS) is 9.71. The van der Waals surface area contributed by atoms with E-state index in [2.05, 4.69) is 0 Å². The van der Waals surface area contributed by atoms with Gasteiger partial charge in [0.25, 0.3) is 0 Å². The Balaban J connectivity index is 3.43. The number of primary amides is 1. The van der Waals surface area contributed by atoms with E-state index in [0.29, 0.717) is 0 Å². The maximum Gasteiger partial charge on any atom is 0.315 e. The van der Waals surface area contributed by atoms with E-state index in [4.69, 9.17) is 15.9 Å². The number of phenols is 2. The number of aromatic hydroxyl groups is 2. The first kappa shape index (κ1) is 9.78. The summed E-state index contributed by atoms with van der Waals surface area (Å²) in [5.74, 6) is -2.57. The molecule has 1 rings (SSSR count). The van der Waals surface area contributed by atoms with Crippen LogP contribution in [0.5, 0.6) is 11.5 Å². The van der Waals surface area contributed by atoms with Crippen LogP contribution in [0.15, 0.2) is 12.1 Å². The summed E-state index contributed by atoms with van der Waals surface area (Å²) in [7, 11) is 0. The Bertz CT molecular complexity index is 415. The largest absolute Gasteiger partial charge is 0.504 e. The van der Waals surface area contributed by atoms with Crippen molar-refractivity contribution in [2.24, 2.45) is 5.73 Å². The van der Waals surface area contributed by atoms with Crippen molar-refractivity contribution in [2.75, 3.05) is 0 Å². The quantitative estimate of drug-likeness (QED) is 0.353. The number of phenolic OH excluding ortho intramolecular Hbond substituents is 2. The zero-order chi connectivity index (χ0) is 10.9. The molecular weight excluding hydrogens is 192 g/mol. The summed E-state index contributed by atoms with van der Waals surface area (Å²) in [5.41, 5.74) is 3.84. The van der Waals surface area contributed by atoms with E-state index >= 15 is 0 Å². The summed E-state index contributed by atoms with van der Waals surface area (Å²) in [6, 6.07) is 1.64. The molecule has 0 spiro atoms. The molecule has 1 amide bonds. The molecule has 0 radical (unpaired) electrons. The second-order valence-corrected chi connectivity index (χ2v) is 2.48. The molecule has 0 bridgehead atoms. The van der Waals surface area contributed by atoms with Gasteiger partial charge >= 0.3 is 5.69 Å². The minimum absolute atomic E-state index is 0.244. The van der Waals surface area contributed by atoms with Crippen LogP contribution in [0.2, 0.25) is 0 Å². The van der Waals surface area contributed by atoms with E-state index in [9.17, 15) is 14.9 Å². The summed E-state index contributed by atoms with van der Waals surface area (Å²) >= 11 is 0. The van der Waals surface area contributed by atoms with Crippen molar-refractivity contribution < 1.29 is 19.9 Å². The van der Waals surface area contributed by atoms with Crippen LogP contribution in [0.25, 0.3) is 0 Å². The second kappa shape index (κ2) is 3.21. The van der Waals surface area contributed by atoms with E-state index in [1.54, 1.807) is 0 Å². The molecule has 0 saturated heterocycles. The Kier molecular flexibility index (Phi) is 2.24. The van der Waals surface area contributed by atoms with Crippen molar-refractivity contribution in [3.63, 3.8) is 0 Å². The predicted molar refractivity (Wildman–Crippen MR) is 44.9 cm³/mol. The van der Waals surface area contributed by atoms with Crippen LogP contribution in [0.4, 0.5) is 5.69 Å². The fraction of sp³-hybridized carbons (Fsp3) is 0. The zero-order valence-corrected chi connectivity index (χ0v) is 6.80. The van der Waals surface area contributed by atoms with E-state index < -0.39 is 28.0 Å². The number of rotatable bonds is 2. The Hall–Kier alpha value is -2.31. The Morgan fingerprint density at radius 1 is 1.43 bits per heavy atom. The second-order valence-electron chi connectivity index (χ2n) is 2.48. The summed E-state index contributed by atoms with van der Waals surface area (Å²) in [6.07, 6.45) is 0. The number of hydrogen-bond acceptors (Lipinski definition) is 5. The number of nitrogens with two attached hydrogens (primary N) is 1. The lowest BCUT2D eigenvalue weighted by molar-refractivity contribution is -0.386. The summed E-state index contributed by atoms with van der Waals surface area (Å²) in [6.45, 7) is 0. The topological polar surface area (TPSA) is 127 Å². The fourth-order valence-corrected chi connectivity index (χ4v) is 0.886. The van der Waals surface area contributed by atoms with Gasteiger partial charge in [-0.2, -0.15) is 0 Å². The van der Waals surface area contributed by atoms with Gasteiger partial charge in [-0.15, -0.1) is 0 Å². The maximum atomic E-state index is 10.6. The molecule has 0 heterocycles. The number of nitro benzene ring substituents is 1. The summed E-state index contributed by atoms with van der Waals surface area (Å²) in [5, 5.41) is 28.4. The van der Waals surface area contributed by atoms with Crippen LogP contribution in [0, 0.1) is 10.1 Å². The van der Waals surface area contributed by atoms with Crippen LogP contribution in [-0.4, -0.2) is 21.0 Å². The van der Waals surface area contributed by atoms with Gasteiger partial charge in [0, 0.05) is 11.6 Å². The summed E-state index contributed by atoms with van der Waals surface area (Å²) < 4.78 is 0. The monoisotopic (exact) mass is 198 g/mol. The van der Waals surface area contributed by atoms with E-state index in [1.807, 2.05) is 0 Å². The van der Waals surface area contributed by atoms with Crippen LogP contribution in [0.3, 0.4) is 0 Å². The summed E-state index contributed by atoms with van der Waals surface area (Å²) in [4.78, 5) is 20.0. The van der Waals surface area contributed by atoms with Gasteiger partial charge in [-0.3, -0.25) is 14.9 Å². The number of nitro groups is 1. The highest BCUT2D eigenvalue weighted by atomic mass is 16.6. The molecule has 4 N–H and O–H groups in total. The number of hydrogen-bond donors (Lipinski definition) is 3. The lowest BCUT2D eigenvalue weighted by Gasteiger charge is -2.01. The standard InChI is InChI=1S/C7H6N2O5/c8-7(12)3-1-4(9(13)14)6(11)5(10)2-3/h1-2,10-11H,(H2,8,12). The molecule has 1 aromatic rings. The van der Waals surface area contributed by atoms with Crippen molar-refractivity contribution in [2.45, 2.75) is 0 Å². The van der Waals surface area contributed by atoms with Crippen LogP contribution in [-0.2, 0) is 0 Å². The molecule has 0 atom stereocenters. The molecule has 7 nitrogen and oxygen atoms in total. The van der Waals surface area contributed by atoms with Gasteiger partial charge in [0.2, 0.25) is 11.7 Å². The molecule has 0 aliphatic rings. The molecule has 7 heteroatoms. The van der Waals surface area contributed by atoms with Gasteiger partial charge in [-0.1, -0.05) is 0 Å². The first-order valence-electron chi connectivity index (χ1n) is 3.43. The smallest absolute Gasteiger partial charge is 0.315 e. The third-order valence-electron chi connectivity index (χ3n) is 1.55. The molecule has 0 aromatic heterocycles. The number of carbonyl (C=O) groups excluding carboxylic acids is 1. The zero-order valence-electron chi connectivity index (χ0n) is 6.80. The molecule has 0 saturated carbocycles. The highest BCUT2D eigenvalue weighted by molar-refractivity contribution is 5.94. The first-order chi connectivity index (χ1) is 6.43. The molecule has 0 aliphatic carbocycles. The molecule has 0 fully saturated rings. The highest BCUT2D eigenvalue weighted by Gasteiger charge is 2.20. The molecule has 74 valence electrons. The van der Waals surface area contributed by atoms with Gasteiger partial charge in [0.15, 0.2) is 5.75 Å². The van der Waals surface area contributed by atoms with Crippen molar-refractivity contribution in [3.8, 4) is 11.5 Å². The lowest BCUT2D eigenvalue weighted by atomic mass is 10.1. The third kappa shape index (κ3) is 1.56. The molecule has 0 unspecified atom stereocenters. The van der Waals surface area contributed by atoms with E-state index in [-0.39, 0.29) is 5.56 Å². The average molecular weight is 198 g/mol. The Morgan fingerprint density at radius 2 is 2.00 bits per heavy atom. The van der Waals surface area contributed by atoms with Crippen LogP contribution < -0.4 is 5.73 Å². The first-order valence-corrected chi connectivity index (χ1v) is 3.43. The van der Waals surface area contributed by atoms with E-state index in [1.165, 1.54) is 0 Å². The molecule has 0 aliphatic heterocycles. The van der Waals surface area contributed by atoms with Gasteiger partial charge < -0.3 is 15.9 Å². The minimum atomic E-state index is -0.929. The Labute approximate surface area is 77.5 Å². The van der Waals surface area contributed by atoms with Crippen molar-refractivity contribution in [1.29, 1.82) is 0 Å². The Morgan fingerprint density at radius 3 is 2.43 bits per heavy atom.